The summed E-state index contributed by atoms with van der Waals surface area (Å²) in [7, 11) is 1.57. The molecule has 0 bridgehead atoms. The summed E-state index contributed by atoms with van der Waals surface area (Å²) < 4.78 is 11.5. The van der Waals surface area contributed by atoms with Gasteiger partial charge in [-0.3, -0.25) is 19.5 Å². The first-order valence-corrected chi connectivity index (χ1v) is 9.92. The van der Waals surface area contributed by atoms with E-state index in [4.69, 9.17) is 9.15 Å². The molecule has 0 aliphatic heterocycles. The number of nitro groups is 1. The maximum Gasteiger partial charge on any atom is 0.420 e. The van der Waals surface area contributed by atoms with Crippen LogP contribution >= 0.6 is 11.3 Å². The minimum Gasteiger partial charge on any atom is -0.496 e. The van der Waals surface area contributed by atoms with Gasteiger partial charge >= 0.3 is 5.76 Å². The number of ether oxygens (including phenoxy) is 1. The number of aryl methyl sites for hydroxylation is 1. The van der Waals surface area contributed by atoms with Gasteiger partial charge in [0.05, 0.1) is 29.3 Å². The lowest BCUT2D eigenvalue weighted by atomic mass is 10.1. The summed E-state index contributed by atoms with van der Waals surface area (Å²) in [5, 5.41) is 15.7. The Hall–Kier alpha value is -3.99. The predicted molar refractivity (Wildman–Crippen MR) is 115 cm³/mol. The summed E-state index contributed by atoms with van der Waals surface area (Å²) in [6.45, 7) is 1.63. The number of amides is 1. The predicted octanol–water partition coefficient (Wildman–Crippen LogP) is 3.58. The lowest BCUT2D eigenvalue weighted by Crippen LogP contribution is -2.24. The van der Waals surface area contributed by atoms with Crippen molar-refractivity contribution >= 4 is 39.2 Å². The van der Waals surface area contributed by atoms with Crippen LogP contribution in [-0.4, -0.2) is 27.5 Å². The number of thiazole rings is 1. The number of carbonyl (C=O) groups is 1. The molecule has 0 aliphatic rings. The van der Waals surface area contributed by atoms with Crippen molar-refractivity contribution in [2.45, 2.75) is 13.5 Å². The molecule has 4 rings (SSSR count). The Morgan fingerprint density at radius 1 is 1.32 bits per heavy atom. The van der Waals surface area contributed by atoms with Crippen LogP contribution in [0, 0.1) is 17.0 Å². The van der Waals surface area contributed by atoms with Gasteiger partial charge in [0.1, 0.15) is 12.3 Å². The zero-order valence-corrected chi connectivity index (χ0v) is 17.3. The monoisotopic (exact) mass is 440 g/mol. The molecule has 4 aromatic rings. The van der Waals surface area contributed by atoms with Crippen LogP contribution in [-0.2, 0) is 11.3 Å². The summed E-state index contributed by atoms with van der Waals surface area (Å²) in [6, 6.07) is 9.48. The number of rotatable bonds is 6. The average Bonchev–Trinajstić information content (AvgIpc) is 3.31. The number of hydrogen-bond donors (Lipinski definition) is 1. The van der Waals surface area contributed by atoms with E-state index in [-0.39, 0.29) is 23.3 Å². The highest BCUT2D eigenvalue weighted by molar-refractivity contribution is 7.14. The van der Waals surface area contributed by atoms with Gasteiger partial charge < -0.3 is 14.5 Å². The van der Waals surface area contributed by atoms with Gasteiger partial charge in [-0.25, -0.2) is 9.78 Å². The van der Waals surface area contributed by atoms with Crippen molar-refractivity contribution in [2.24, 2.45) is 0 Å². The fraction of sp³-hybridized carbons (Fsp3) is 0.150. The minimum absolute atomic E-state index is 0.0371. The molecule has 0 fully saturated rings. The Morgan fingerprint density at radius 2 is 2.13 bits per heavy atom. The van der Waals surface area contributed by atoms with Crippen LogP contribution in [0.4, 0.5) is 10.8 Å². The third-order valence-electron chi connectivity index (χ3n) is 4.55. The Bertz CT molecular complexity index is 1370. The van der Waals surface area contributed by atoms with Crippen LogP contribution < -0.4 is 15.8 Å². The van der Waals surface area contributed by atoms with Gasteiger partial charge in [0.2, 0.25) is 5.91 Å². The highest BCUT2D eigenvalue weighted by atomic mass is 32.1. The van der Waals surface area contributed by atoms with Crippen LogP contribution in [0.1, 0.15) is 5.56 Å². The molecule has 2 aromatic heterocycles. The van der Waals surface area contributed by atoms with E-state index in [9.17, 15) is 19.7 Å². The van der Waals surface area contributed by atoms with Crippen LogP contribution in [0.5, 0.6) is 5.75 Å². The molecule has 0 saturated heterocycles. The molecule has 0 spiro atoms. The molecule has 10 nitrogen and oxygen atoms in total. The zero-order valence-electron chi connectivity index (χ0n) is 16.4. The second-order valence-electron chi connectivity index (χ2n) is 6.65. The number of nitrogens with zero attached hydrogens (tertiary/aromatic N) is 3. The number of oxazole rings is 1. The maximum atomic E-state index is 12.5. The average molecular weight is 440 g/mol. The molecule has 2 aromatic carbocycles. The van der Waals surface area contributed by atoms with Crippen LogP contribution in [0.15, 0.2) is 51.0 Å². The number of nitro benzene ring substituents is 1. The van der Waals surface area contributed by atoms with Gasteiger partial charge in [-0.1, -0.05) is 11.6 Å². The van der Waals surface area contributed by atoms with Gasteiger partial charge in [-0.2, -0.15) is 0 Å². The fourth-order valence-electron chi connectivity index (χ4n) is 3.10. The molecule has 0 saturated carbocycles. The molecule has 11 heteroatoms. The standard InChI is InChI=1S/C20H16N4O6S/c1-11-3-6-16(29-2)13(7-11)14-10-31-19(21-14)22-18(25)9-23-15-5-4-12(24(27)28)8-17(15)30-20(23)26/h3-8,10H,9H2,1-2H3,(H,21,22,25). The largest absolute Gasteiger partial charge is 0.496 e. The Kier molecular flexibility index (Phi) is 5.26. The summed E-state index contributed by atoms with van der Waals surface area (Å²) in [5.74, 6) is -0.602. The van der Waals surface area contributed by atoms with Crippen molar-refractivity contribution < 1.29 is 18.9 Å². The van der Waals surface area contributed by atoms with E-state index in [1.165, 1.54) is 23.5 Å². The molecule has 1 amide bonds. The Labute approximate surface area is 178 Å². The van der Waals surface area contributed by atoms with Crippen molar-refractivity contribution in [3.8, 4) is 17.0 Å². The van der Waals surface area contributed by atoms with E-state index in [1.807, 2.05) is 25.1 Å². The van der Waals surface area contributed by atoms with Crippen molar-refractivity contribution in [1.29, 1.82) is 0 Å². The van der Waals surface area contributed by atoms with Crippen molar-refractivity contribution in [3.05, 3.63) is 68.0 Å². The number of fused-ring (bicyclic) bond motifs is 1. The van der Waals surface area contributed by atoms with Crippen molar-refractivity contribution in [1.82, 2.24) is 9.55 Å². The lowest BCUT2D eigenvalue weighted by molar-refractivity contribution is -0.384. The van der Waals surface area contributed by atoms with E-state index < -0.39 is 16.6 Å². The molecular weight excluding hydrogens is 424 g/mol. The van der Waals surface area contributed by atoms with Gasteiger partial charge in [0, 0.05) is 17.0 Å². The third kappa shape index (κ3) is 4.03. The normalized spacial score (nSPS) is 10.9. The first kappa shape index (κ1) is 20.3. The molecule has 31 heavy (non-hydrogen) atoms. The number of anilines is 1. The van der Waals surface area contributed by atoms with E-state index in [0.717, 1.165) is 21.8 Å². The summed E-state index contributed by atoms with van der Waals surface area (Å²) in [4.78, 5) is 39.3. The number of nitrogens with one attached hydrogen (secondary N) is 1. The van der Waals surface area contributed by atoms with E-state index >= 15 is 0 Å². The molecule has 2 heterocycles. The number of benzene rings is 2. The highest BCUT2D eigenvalue weighted by Crippen LogP contribution is 2.33. The van der Waals surface area contributed by atoms with E-state index in [1.54, 1.807) is 12.5 Å². The van der Waals surface area contributed by atoms with Gasteiger partial charge in [0.25, 0.3) is 5.69 Å². The van der Waals surface area contributed by atoms with E-state index in [2.05, 4.69) is 10.3 Å². The number of methoxy groups -OCH3 is 1. The third-order valence-corrected chi connectivity index (χ3v) is 5.30. The first-order valence-electron chi connectivity index (χ1n) is 9.04. The van der Waals surface area contributed by atoms with Gasteiger partial charge in [0.15, 0.2) is 10.7 Å². The summed E-state index contributed by atoms with van der Waals surface area (Å²) >= 11 is 1.24. The van der Waals surface area contributed by atoms with Gasteiger partial charge in [-0.15, -0.1) is 11.3 Å². The number of aromatic nitrogens is 2. The van der Waals surface area contributed by atoms with Crippen molar-refractivity contribution in [3.63, 3.8) is 0 Å². The van der Waals surface area contributed by atoms with Crippen molar-refractivity contribution in [2.75, 3.05) is 12.4 Å². The smallest absolute Gasteiger partial charge is 0.420 e. The SMILES string of the molecule is COc1ccc(C)cc1-c1csc(NC(=O)Cn2c(=O)oc3cc([N+](=O)[O-])ccc32)n1. The molecule has 0 aliphatic carbocycles. The molecule has 0 unspecified atom stereocenters. The Balaban J connectivity index is 1.54. The van der Waals surface area contributed by atoms with Crippen LogP contribution in [0.25, 0.3) is 22.4 Å². The zero-order chi connectivity index (χ0) is 22.1. The van der Waals surface area contributed by atoms with Gasteiger partial charge in [-0.05, 0) is 25.1 Å². The molecule has 1 N–H and O–H groups in total. The first-order chi connectivity index (χ1) is 14.9. The number of non-ortho nitro benzene ring substituents is 1. The van der Waals surface area contributed by atoms with Crippen LogP contribution in [0.2, 0.25) is 0 Å². The second kappa shape index (κ2) is 8.03. The molecular formula is C20H16N4O6S. The molecule has 0 radical (unpaired) electrons. The molecule has 0 atom stereocenters. The quantitative estimate of drug-likeness (QED) is 0.358. The maximum absolute atomic E-state index is 12.5. The number of hydrogen-bond acceptors (Lipinski definition) is 8. The second-order valence-corrected chi connectivity index (χ2v) is 7.51. The number of carbonyl (C=O) groups excluding carboxylic acids is 1. The lowest BCUT2D eigenvalue weighted by Gasteiger charge is -2.07. The van der Waals surface area contributed by atoms with Crippen LogP contribution in [0.3, 0.4) is 0 Å². The highest BCUT2D eigenvalue weighted by Gasteiger charge is 2.17. The minimum atomic E-state index is -0.782. The Morgan fingerprint density at radius 3 is 2.87 bits per heavy atom. The molecule has 158 valence electrons. The van der Waals surface area contributed by atoms with E-state index in [0.29, 0.717) is 16.6 Å². The fourth-order valence-corrected chi connectivity index (χ4v) is 3.82. The summed E-state index contributed by atoms with van der Waals surface area (Å²) in [5.41, 5.74) is 2.61. The summed E-state index contributed by atoms with van der Waals surface area (Å²) in [6.07, 6.45) is 0. The topological polar surface area (TPSA) is 130 Å².